The lowest BCUT2D eigenvalue weighted by Gasteiger charge is -2.30. The fraction of sp³-hybridized carbons (Fsp3) is 0.404. The first-order valence-electron chi connectivity index (χ1n) is 49.6. The number of aryl methyl sites for hydroxylation is 8. The molecule has 5 aliphatic rings. The number of methoxy groups -OCH3 is 1. The van der Waals surface area contributed by atoms with E-state index in [9.17, 15) is 30.0 Å². The van der Waals surface area contributed by atoms with Crippen molar-refractivity contribution in [2.45, 2.75) is 275 Å². The van der Waals surface area contributed by atoms with Crippen LogP contribution in [0.25, 0.3) is 133 Å². The number of halogens is 4. The van der Waals surface area contributed by atoms with Gasteiger partial charge in [0, 0.05) is 140 Å². The minimum absolute atomic E-state index is 0.0243. The van der Waals surface area contributed by atoms with Gasteiger partial charge in [0.25, 0.3) is 0 Å². The van der Waals surface area contributed by atoms with Gasteiger partial charge in [-0.1, -0.05) is 153 Å². The molecule has 0 radical (unpaired) electrons. The van der Waals surface area contributed by atoms with Crippen molar-refractivity contribution in [1.82, 2.24) is 68.3 Å². The number of ether oxygens (including phenoxy) is 1. The van der Waals surface area contributed by atoms with Gasteiger partial charge in [-0.25, -0.2) is 57.1 Å². The zero-order chi connectivity index (χ0) is 101. The van der Waals surface area contributed by atoms with Crippen LogP contribution in [-0.2, 0) is 61.0 Å². The third kappa shape index (κ3) is 22.4. The topological polar surface area (TPSA) is 352 Å². The molecule has 0 saturated heterocycles. The molecule has 144 heavy (non-hydrogen) atoms. The molecule has 16 aromatic rings. The monoisotopic (exact) mass is 2020 g/mol. The summed E-state index contributed by atoms with van der Waals surface area (Å²) in [6.07, 6.45) is 33.8. The van der Waals surface area contributed by atoms with E-state index in [1.165, 1.54) is 7.11 Å². The number of carbonyl (C=O) groups excluding carboxylic acids is 1. The molecule has 5 aliphatic carbocycles. The van der Waals surface area contributed by atoms with E-state index in [1.807, 2.05) is 172 Å². The van der Waals surface area contributed by atoms with Gasteiger partial charge in [0.1, 0.15) is 45.7 Å². The second kappa shape index (κ2) is 41.6. The number of amides is 1. The quantitative estimate of drug-likeness (QED) is 0.0366. The number of nitrogens with one attached hydrogen (secondary N) is 4. The molecule has 0 unspecified atom stereocenters. The number of aromatic nitrogens is 12. The molecule has 1 amide bonds. The number of carbonyl (C=O) groups is 1. The molecule has 5 fully saturated rings. The Morgan fingerprint density at radius 2 is 0.708 bits per heavy atom. The van der Waals surface area contributed by atoms with Gasteiger partial charge in [-0.15, -0.1) is 0 Å². The summed E-state index contributed by atoms with van der Waals surface area (Å²) in [5.74, 6) is 2.83. The molecular formula is C109H122F4N16O12S3. The number of benzene rings is 4. The van der Waals surface area contributed by atoms with Gasteiger partial charge in [-0.3, -0.25) is 30.0 Å². The molecule has 0 aliphatic heterocycles. The van der Waals surface area contributed by atoms with Crippen LogP contribution in [0.2, 0.25) is 0 Å². The first-order valence-corrected chi connectivity index (χ1v) is 54.5. The summed E-state index contributed by atoms with van der Waals surface area (Å²) in [5, 5.41) is 19.0. The molecule has 756 valence electrons. The van der Waals surface area contributed by atoms with Gasteiger partial charge in [-0.05, 0) is 221 Å². The Morgan fingerprint density at radius 3 is 1.01 bits per heavy atom. The SMILES string of the molecule is CCCNS(=O)(=O)c1cccc(-c2cn(CC3(F)CCCCC3)c3cc(-c4c(C)noc4C)cnc23)c1.COC(=O)Nc1ccc(-c2cn(CC3(F)CCCCC3)c3cc(-c4c(C)noc4C)cnc23)cc1.Cc1noc(C)c1-c1cnc2c(-c3cccc(NS(C)(=O)=O)c3)cn(CC3(F)CCCCC3)c2c1.Cc1noc(C)c1-c1cnc2c(-c3cccc(S(=O)(=O)NC4CC4)c3)cn(CC3(F)CCCCC3)c2c1. The standard InChI is InChI=1S/C28H31FN4O3S.C28H33FN4O3S.C27H29FN4O3.C26H29FN4O3S/c1-18-26(19(2)36-31-18)21-14-25-27(30-15-21)24(16-33(25)17-28(29)11-4-3-5-12-28)20-7-6-8-23(13-20)37(34,35)32-22-9-10-22;1-4-13-31-37(34,35)23-10-8-9-21(14-23)24-17-33(18-28(29)11-6-5-7-12-28)25-15-22(16-30-27(24)25)26-19(2)32-36-20(26)3;1-17-24(18(2)35-31-17)20-13-23-25(29-14-20)22(15-32(23)16-27(28)11-5-4-6-12-27)19-7-9-21(10-8-19)30-26(33)34-3;1-17-24(18(2)34-29-17)20-13-23-25(28-14-20)22(15-31(23)16-26(27)10-5-4-6-11-26)19-8-7-9-21(12-19)30-35(3,32)33/h6-8,13-16,22,32H,3-5,9-12,17H2,1-2H3;8-10,14-17,31H,4-7,11-13,18H2,1-3H3;7-10,13-15H,4-6,11-12,16H2,1-3H3,(H,30,33);7-9,12-15,30H,4-6,10-11,16H2,1-3H3. The van der Waals surface area contributed by atoms with E-state index in [2.05, 4.69) is 50.9 Å². The third-order valence-electron chi connectivity index (χ3n) is 28.4. The molecule has 4 aromatic carbocycles. The molecule has 5 saturated carbocycles. The van der Waals surface area contributed by atoms with Crippen LogP contribution in [0.1, 0.15) is 200 Å². The summed E-state index contributed by atoms with van der Waals surface area (Å²) in [4.78, 5) is 31.1. The first-order chi connectivity index (χ1) is 68.9. The predicted molar refractivity (Wildman–Crippen MR) is 552 cm³/mol. The Hall–Kier alpha value is -13.0. The van der Waals surface area contributed by atoms with Crippen LogP contribution in [-0.4, -0.2) is 139 Å². The average molecular weight is 2020 g/mol. The maximum atomic E-state index is 15.9. The number of hydrogen-bond donors (Lipinski definition) is 4. The lowest BCUT2D eigenvalue weighted by molar-refractivity contribution is 0.0870. The summed E-state index contributed by atoms with van der Waals surface area (Å²) >= 11 is 0. The van der Waals surface area contributed by atoms with Crippen LogP contribution in [0.15, 0.2) is 199 Å². The van der Waals surface area contributed by atoms with Crippen molar-refractivity contribution in [3.8, 4) is 89.0 Å². The summed E-state index contributed by atoms with van der Waals surface area (Å²) in [5.41, 5.74) is 18.9. The molecular weight excluding hydrogens is 1900 g/mol. The number of hydrogen-bond acceptors (Lipinski definition) is 20. The molecule has 28 nitrogen and oxygen atoms in total. The van der Waals surface area contributed by atoms with Gasteiger partial charge >= 0.3 is 6.09 Å². The van der Waals surface area contributed by atoms with E-state index in [1.54, 1.807) is 73.2 Å². The van der Waals surface area contributed by atoms with Gasteiger partial charge in [0.2, 0.25) is 30.1 Å². The van der Waals surface area contributed by atoms with Gasteiger partial charge in [-0.2, -0.15) is 0 Å². The largest absolute Gasteiger partial charge is 0.453 e. The fourth-order valence-electron chi connectivity index (χ4n) is 21.1. The lowest BCUT2D eigenvalue weighted by atomic mass is 9.86. The highest BCUT2D eigenvalue weighted by Crippen LogP contribution is 2.47. The maximum Gasteiger partial charge on any atom is 0.411 e. The summed E-state index contributed by atoms with van der Waals surface area (Å²) in [6.45, 7) is 18.3. The first kappa shape index (κ1) is 101. The fourth-order valence-corrected chi connectivity index (χ4v) is 24.2. The van der Waals surface area contributed by atoms with Crippen LogP contribution >= 0.6 is 0 Å². The van der Waals surface area contributed by atoms with Gasteiger partial charge in [0.05, 0.1) is 116 Å². The van der Waals surface area contributed by atoms with Crippen molar-refractivity contribution in [3.63, 3.8) is 0 Å². The number of pyridine rings is 4. The van der Waals surface area contributed by atoms with Gasteiger partial charge < -0.3 is 41.1 Å². The smallest absolute Gasteiger partial charge is 0.411 e. The van der Waals surface area contributed by atoms with E-state index in [-0.39, 0.29) is 42.0 Å². The number of fused-ring (bicyclic) bond motifs is 4. The Balaban J connectivity index is 0.000000126. The van der Waals surface area contributed by atoms with Crippen LogP contribution in [0.3, 0.4) is 0 Å². The zero-order valence-corrected chi connectivity index (χ0v) is 85.5. The van der Waals surface area contributed by atoms with Gasteiger partial charge in [0.15, 0.2) is 0 Å². The average Bonchev–Trinajstić information content (AvgIpc) is 1.61. The zero-order valence-electron chi connectivity index (χ0n) is 83.0. The molecule has 0 atom stereocenters. The number of anilines is 2. The number of rotatable bonds is 26. The van der Waals surface area contributed by atoms with E-state index >= 15 is 17.6 Å². The summed E-state index contributed by atoms with van der Waals surface area (Å²) < 4.78 is 180. The van der Waals surface area contributed by atoms with Crippen molar-refractivity contribution < 1.29 is 70.4 Å². The second-order valence-corrected chi connectivity index (χ2v) is 44.9. The van der Waals surface area contributed by atoms with Crippen molar-refractivity contribution in [2.75, 3.05) is 29.9 Å². The number of sulfonamides is 3. The Labute approximate surface area is 835 Å². The molecule has 0 spiro atoms. The van der Waals surface area contributed by atoms with E-state index in [4.69, 9.17) is 38.0 Å². The molecule has 0 bridgehead atoms. The molecule has 12 aromatic heterocycles. The number of alkyl halides is 4. The van der Waals surface area contributed by atoms with Crippen LogP contribution in [0, 0.1) is 55.4 Å². The maximum absolute atomic E-state index is 15.9. The van der Waals surface area contributed by atoms with Crippen molar-refractivity contribution in [1.29, 1.82) is 0 Å². The summed E-state index contributed by atoms with van der Waals surface area (Å²) in [7, 11) is -9.33. The highest BCUT2D eigenvalue weighted by Gasteiger charge is 2.39. The molecule has 35 heteroatoms. The number of nitrogens with zero attached hydrogens (tertiary/aromatic N) is 12. The van der Waals surface area contributed by atoms with E-state index in [0.717, 1.165) is 247 Å². The van der Waals surface area contributed by atoms with Crippen LogP contribution < -0.4 is 19.5 Å². The van der Waals surface area contributed by atoms with E-state index in [0.29, 0.717) is 104 Å². The lowest BCUT2D eigenvalue weighted by Crippen LogP contribution is -2.31. The highest BCUT2D eigenvalue weighted by molar-refractivity contribution is 7.92. The van der Waals surface area contributed by atoms with Crippen molar-refractivity contribution >= 4 is 91.7 Å². The van der Waals surface area contributed by atoms with Crippen LogP contribution in [0.4, 0.5) is 33.7 Å². The highest BCUT2D eigenvalue weighted by atomic mass is 32.2. The predicted octanol–water partition coefficient (Wildman–Crippen LogP) is 25.3. The molecule has 21 rings (SSSR count). The Morgan fingerprint density at radius 1 is 0.396 bits per heavy atom. The molecule has 4 N–H and O–H groups in total. The molecule has 12 heterocycles. The second-order valence-electron chi connectivity index (χ2n) is 39.7. The normalized spacial score (nSPS) is 16.3. The van der Waals surface area contributed by atoms with E-state index < -0.39 is 58.8 Å². The Bertz CT molecular complexity index is 7720. The Kier molecular flexibility index (Phi) is 29.2. The van der Waals surface area contributed by atoms with Crippen molar-refractivity contribution in [2.24, 2.45) is 0 Å². The minimum atomic E-state index is -3.63. The summed E-state index contributed by atoms with van der Waals surface area (Å²) in [6, 6.07) is 36.5. The third-order valence-corrected chi connectivity index (χ3v) is 32.0. The van der Waals surface area contributed by atoms with Crippen molar-refractivity contribution in [3.05, 3.63) is 217 Å². The van der Waals surface area contributed by atoms with Crippen LogP contribution in [0.5, 0.6) is 0 Å². The minimum Gasteiger partial charge on any atom is -0.453 e.